The predicted octanol–water partition coefficient (Wildman–Crippen LogP) is -0.315. The molecule has 2 aliphatic carbocycles. The molecule has 3 rings (SSSR count). The van der Waals surface area contributed by atoms with E-state index in [1.807, 2.05) is 5.43 Å². The molecule has 2 atom stereocenters. The number of Topliss-reactive ketones (excluding diaryl/α,β-unsaturated/α-hetero) is 3. The third-order valence-electron chi connectivity index (χ3n) is 4.17. The van der Waals surface area contributed by atoms with Crippen molar-refractivity contribution in [1.82, 2.24) is 5.43 Å². The van der Waals surface area contributed by atoms with Crippen LogP contribution in [0.5, 0.6) is 5.75 Å². The van der Waals surface area contributed by atoms with Crippen LogP contribution in [0.15, 0.2) is 24.3 Å². The number of carbonyl (C=O) groups is 4. The monoisotopic (exact) mass is 336 g/mol. The molecule has 0 saturated heterocycles. The van der Waals surface area contributed by atoms with Gasteiger partial charge in [-0.3, -0.25) is 24.6 Å². The van der Waals surface area contributed by atoms with E-state index in [0.29, 0.717) is 0 Å². The Morgan fingerprint density at radius 1 is 1.04 bits per heavy atom. The van der Waals surface area contributed by atoms with Crippen molar-refractivity contribution in [3.8, 4) is 5.75 Å². The molecule has 2 saturated carbocycles. The zero-order valence-corrected chi connectivity index (χ0v) is 13.0. The van der Waals surface area contributed by atoms with Crippen molar-refractivity contribution >= 4 is 23.3 Å². The molecule has 2 fully saturated rings. The number of ketones is 3. The van der Waals surface area contributed by atoms with Gasteiger partial charge in [0.25, 0.3) is 11.7 Å². The Hall–Kier alpha value is -2.58. The van der Waals surface area contributed by atoms with Gasteiger partial charge in [0.2, 0.25) is 11.6 Å². The number of nitrogens with one attached hydrogen (secondary N) is 1. The van der Waals surface area contributed by atoms with E-state index < -0.39 is 23.3 Å². The highest BCUT2D eigenvalue weighted by molar-refractivity contribution is 6.68. The summed E-state index contributed by atoms with van der Waals surface area (Å²) in [5, 5.41) is 9.10. The Bertz CT molecular complexity index is 632. The fourth-order valence-electron chi connectivity index (χ4n) is 2.96. The van der Waals surface area contributed by atoms with Crippen LogP contribution in [0, 0.1) is 11.8 Å². The molecule has 1 aromatic carbocycles. The molecule has 8 nitrogen and oxygen atoms in total. The van der Waals surface area contributed by atoms with Crippen LogP contribution >= 0.6 is 0 Å². The van der Waals surface area contributed by atoms with E-state index in [4.69, 9.17) is 10.9 Å². The standard InChI is InChI=1S/C9H10O3.C7H8N2O2.H2O/c10-7-5-3-1-2-4-6(5)8(11)9(7)12;8-9-7(11)5-3-1-2-4-6(5)10;/h5-6H,1-4H2;1-4,10H,8H2,(H,9,11);1H2. The molecule has 130 valence electrons. The maximum absolute atomic E-state index is 11.2. The van der Waals surface area contributed by atoms with Crippen molar-refractivity contribution in [2.24, 2.45) is 17.7 Å². The molecule has 0 aromatic heterocycles. The number of fused-ring (bicyclic) bond motifs is 1. The van der Waals surface area contributed by atoms with E-state index in [0.717, 1.165) is 25.7 Å². The Morgan fingerprint density at radius 3 is 2.00 bits per heavy atom. The molecule has 0 spiro atoms. The average molecular weight is 336 g/mol. The van der Waals surface area contributed by atoms with Crippen molar-refractivity contribution in [1.29, 1.82) is 0 Å². The summed E-state index contributed by atoms with van der Waals surface area (Å²) in [4.78, 5) is 44.2. The Balaban J connectivity index is 0.000000232. The van der Waals surface area contributed by atoms with Gasteiger partial charge in [-0.25, -0.2) is 5.84 Å². The molecule has 2 aliphatic rings. The zero-order valence-electron chi connectivity index (χ0n) is 13.0. The number of para-hydroxylation sites is 1. The first-order valence-electron chi connectivity index (χ1n) is 7.38. The topological polar surface area (TPSA) is 158 Å². The van der Waals surface area contributed by atoms with E-state index in [-0.39, 0.29) is 28.6 Å². The van der Waals surface area contributed by atoms with Crippen LogP contribution in [-0.2, 0) is 14.4 Å². The van der Waals surface area contributed by atoms with Crippen LogP contribution in [0.3, 0.4) is 0 Å². The second kappa shape index (κ2) is 8.32. The largest absolute Gasteiger partial charge is 0.507 e. The first kappa shape index (κ1) is 19.5. The quantitative estimate of drug-likeness (QED) is 0.276. The second-order valence-corrected chi connectivity index (χ2v) is 5.55. The van der Waals surface area contributed by atoms with Crippen molar-refractivity contribution in [2.75, 3.05) is 0 Å². The van der Waals surface area contributed by atoms with Crippen LogP contribution in [0.4, 0.5) is 0 Å². The molecule has 0 bridgehead atoms. The van der Waals surface area contributed by atoms with Gasteiger partial charge in [-0.05, 0) is 25.0 Å². The summed E-state index contributed by atoms with van der Waals surface area (Å²) in [5.41, 5.74) is 2.10. The molecule has 1 amide bonds. The highest BCUT2D eigenvalue weighted by atomic mass is 16.3. The minimum absolute atomic E-state index is 0. The van der Waals surface area contributed by atoms with Gasteiger partial charge in [0.05, 0.1) is 5.56 Å². The van der Waals surface area contributed by atoms with Crippen molar-refractivity contribution < 1.29 is 29.8 Å². The molecule has 1 aromatic rings. The average Bonchev–Trinajstić information content (AvgIpc) is 2.80. The third-order valence-corrected chi connectivity index (χ3v) is 4.17. The van der Waals surface area contributed by atoms with Crippen LogP contribution in [0.2, 0.25) is 0 Å². The fraction of sp³-hybridized carbons (Fsp3) is 0.375. The lowest BCUT2D eigenvalue weighted by atomic mass is 9.81. The van der Waals surface area contributed by atoms with Gasteiger partial charge in [-0.1, -0.05) is 25.0 Å². The lowest BCUT2D eigenvalue weighted by Crippen LogP contribution is -2.29. The van der Waals surface area contributed by atoms with Crippen molar-refractivity contribution in [3.05, 3.63) is 29.8 Å². The van der Waals surface area contributed by atoms with Gasteiger partial charge in [0.15, 0.2) is 0 Å². The Labute approximate surface area is 138 Å². The summed E-state index contributed by atoms with van der Waals surface area (Å²) in [6.07, 6.45) is 3.43. The number of nitrogen functional groups attached to an aromatic ring is 1. The lowest BCUT2D eigenvalue weighted by molar-refractivity contribution is -0.141. The van der Waals surface area contributed by atoms with Gasteiger partial charge in [0, 0.05) is 11.8 Å². The molecule has 24 heavy (non-hydrogen) atoms. The number of carbonyl (C=O) groups excluding carboxylic acids is 4. The molecule has 0 radical (unpaired) electrons. The highest BCUT2D eigenvalue weighted by Crippen LogP contribution is 2.36. The van der Waals surface area contributed by atoms with Crippen LogP contribution in [0.1, 0.15) is 36.0 Å². The molecule has 0 heterocycles. The number of hydrogen-bond acceptors (Lipinski definition) is 6. The van der Waals surface area contributed by atoms with E-state index in [9.17, 15) is 19.2 Å². The number of rotatable bonds is 1. The Morgan fingerprint density at radius 2 is 1.54 bits per heavy atom. The minimum atomic E-state index is -0.744. The molecule has 2 unspecified atom stereocenters. The summed E-state index contributed by atoms with van der Waals surface area (Å²) >= 11 is 0. The SMILES string of the molecule is NNC(=O)c1ccccc1O.O.O=C1C(=O)C2CCCCC2C1=O. The number of benzene rings is 1. The van der Waals surface area contributed by atoms with Gasteiger partial charge >= 0.3 is 0 Å². The van der Waals surface area contributed by atoms with Crippen LogP contribution < -0.4 is 11.3 Å². The summed E-state index contributed by atoms with van der Waals surface area (Å²) in [6, 6.07) is 6.18. The number of phenolic OH excluding ortho intramolecular Hbond substituents is 1. The summed E-state index contributed by atoms with van der Waals surface area (Å²) < 4.78 is 0. The maximum Gasteiger partial charge on any atom is 0.268 e. The first-order valence-corrected chi connectivity index (χ1v) is 7.38. The van der Waals surface area contributed by atoms with Gasteiger partial charge in [0.1, 0.15) is 5.75 Å². The number of nitrogens with two attached hydrogens (primary N) is 1. The number of aromatic hydroxyl groups is 1. The zero-order chi connectivity index (χ0) is 17.0. The lowest BCUT2D eigenvalue weighted by Gasteiger charge is -2.20. The molecule has 6 N–H and O–H groups in total. The third kappa shape index (κ3) is 3.84. The number of phenols is 1. The Kier molecular flexibility index (Phi) is 6.75. The molecular formula is C16H20N2O6. The summed E-state index contributed by atoms with van der Waals surface area (Å²) in [6.45, 7) is 0. The van der Waals surface area contributed by atoms with E-state index in [1.165, 1.54) is 12.1 Å². The van der Waals surface area contributed by atoms with Crippen molar-refractivity contribution in [3.63, 3.8) is 0 Å². The molecule has 0 aliphatic heterocycles. The summed E-state index contributed by atoms with van der Waals surface area (Å²) in [5.74, 6) is 2.19. The number of hydrogen-bond donors (Lipinski definition) is 3. The van der Waals surface area contributed by atoms with E-state index >= 15 is 0 Å². The number of amides is 1. The first-order chi connectivity index (χ1) is 11.0. The molecular weight excluding hydrogens is 316 g/mol. The normalized spacial score (nSPS) is 22.0. The summed E-state index contributed by atoms with van der Waals surface area (Å²) in [7, 11) is 0. The van der Waals surface area contributed by atoms with Crippen LogP contribution in [0.25, 0.3) is 0 Å². The van der Waals surface area contributed by atoms with Crippen LogP contribution in [-0.4, -0.2) is 33.8 Å². The second-order valence-electron chi connectivity index (χ2n) is 5.55. The van der Waals surface area contributed by atoms with E-state index in [1.54, 1.807) is 12.1 Å². The van der Waals surface area contributed by atoms with Gasteiger partial charge in [-0.15, -0.1) is 0 Å². The molecule has 8 heteroatoms. The predicted molar refractivity (Wildman–Crippen MR) is 83.8 cm³/mol. The van der Waals surface area contributed by atoms with E-state index in [2.05, 4.69) is 0 Å². The van der Waals surface area contributed by atoms with Gasteiger partial charge < -0.3 is 10.6 Å². The smallest absolute Gasteiger partial charge is 0.268 e. The number of hydrazine groups is 1. The fourth-order valence-corrected chi connectivity index (χ4v) is 2.96. The van der Waals surface area contributed by atoms with Gasteiger partial charge in [-0.2, -0.15) is 0 Å². The highest BCUT2D eigenvalue weighted by Gasteiger charge is 2.48. The minimum Gasteiger partial charge on any atom is -0.507 e. The van der Waals surface area contributed by atoms with Crippen molar-refractivity contribution in [2.45, 2.75) is 25.7 Å². The maximum atomic E-state index is 11.2.